The lowest BCUT2D eigenvalue weighted by molar-refractivity contribution is -0.140. The van der Waals surface area contributed by atoms with Crippen LogP contribution in [-0.2, 0) is 16.1 Å². The van der Waals surface area contributed by atoms with Crippen LogP contribution in [0.3, 0.4) is 0 Å². The van der Waals surface area contributed by atoms with E-state index in [9.17, 15) is 14.0 Å². The number of nitrogens with zero attached hydrogens (tertiary/aromatic N) is 2. The van der Waals surface area contributed by atoms with Crippen molar-refractivity contribution in [1.82, 2.24) is 15.1 Å². The van der Waals surface area contributed by atoms with Crippen molar-refractivity contribution in [3.8, 4) is 0 Å². The molecule has 1 N–H and O–H groups in total. The Labute approximate surface area is 148 Å². The van der Waals surface area contributed by atoms with Crippen LogP contribution < -0.4 is 5.32 Å². The topological polar surface area (TPSA) is 52.7 Å². The molecule has 1 heterocycles. The monoisotopic (exact) mass is 347 g/mol. The third kappa shape index (κ3) is 4.78. The number of amides is 2. The van der Waals surface area contributed by atoms with Crippen LogP contribution in [0.25, 0.3) is 0 Å². The van der Waals surface area contributed by atoms with Crippen LogP contribution in [0.1, 0.15) is 31.2 Å². The summed E-state index contributed by atoms with van der Waals surface area (Å²) in [6.45, 7) is 4.04. The average Bonchev–Trinajstić information content (AvgIpc) is 2.58. The van der Waals surface area contributed by atoms with Gasteiger partial charge >= 0.3 is 0 Å². The Kier molecular flexibility index (Phi) is 6.02. The summed E-state index contributed by atoms with van der Waals surface area (Å²) < 4.78 is 13.5. The summed E-state index contributed by atoms with van der Waals surface area (Å²) in [6.07, 6.45) is 3.66. The number of carbonyl (C=O) groups is 2. The second kappa shape index (κ2) is 8.43. The molecule has 1 aliphatic heterocycles. The first-order chi connectivity index (χ1) is 12.1. The zero-order valence-electron chi connectivity index (χ0n) is 14.5. The van der Waals surface area contributed by atoms with Gasteiger partial charge in [0, 0.05) is 57.2 Å². The van der Waals surface area contributed by atoms with Gasteiger partial charge in [-0.1, -0.05) is 24.6 Å². The number of halogens is 1. The second-order valence-corrected chi connectivity index (χ2v) is 6.91. The van der Waals surface area contributed by atoms with Crippen molar-refractivity contribution in [2.24, 2.45) is 5.92 Å². The van der Waals surface area contributed by atoms with Gasteiger partial charge in [-0.05, 0) is 18.9 Å². The van der Waals surface area contributed by atoms with Gasteiger partial charge in [-0.3, -0.25) is 14.5 Å². The van der Waals surface area contributed by atoms with Crippen molar-refractivity contribution in [2.45, 2.75) is 32.2 Å². The lowest BCUT2D eigenvalue weighted by Crippen LogP contribution is -2.51. The van der Waals surface area contributed by atoms with E-state index in [1.54, 1.807) is 18.2 Å². The normalized spacial score (nSPS) is 18.7. The van der Waals surface area contributed by atoms with Gasteiger partial charge in [0.15, 0.2) is 0 Å². The van der Waals surface area contributed by atoms with E-state index < -0.39 is 0 Å². The molecule has 0 radical (unpaired) electrons. The van der Waals surface area contributed by atoms with E-state index >= 15 is 0 Å². The summed E-state index contributed by atoms with van der Waals surface area (Å²) >= 11 is 0. The van der Waals surface area contributed by atoms with Crippen molar-refractivity contribution in [3.63, 3.8) is 0 Å². The minimum absolute atomic E-state index is 0.0729. The van der Waals surface area contributed by atoms with Gasteiger partial charge in [0.2, 0.25) is 11.8 Å². The van der Waals surface area contributed by atoms with E-state index in [0.29, 0.717) is 24.4 Å². The van der Waals surface area contributed by atoms with Crippen molar-refractivity contribution >= 4 is 11.8 Å². The van der Waals surface area contributed by atoms with Crippen LogP contribution in [0.2, 0.25) is 0 Å². The van der Waals surface area contributed by atoms with Gasteiger partial charge in [-0.2, -0.15) is 0 Å². The standard InChI is InChI=1S/C19H26FN3O2/c20-17-7-2-1-4-16(17)14-21-18(24)8-9-22-10-12-23(13-11-22)19(25)15-5-3-6-15/h1-2,4,7,15H,3,5-6,8-14H2,(H,21,24). The summed E-state index contributed by atoms with van der Waals surface area (Å²) in [4.78, 5) is 28.4. The van der Waals surface area contributed by atoms with E-state index in [1.165, 1.54) is 12.5 Å². The highest BCUT2D eigenvalue weighted by Crippen LogP contribution is 2.28. The van der Waals surface area contributed by atoms with Crippen LogP contribution in [0.5, 0.6) is 0 Å². The van der Waals surface area contributed by atoms with Gasteiger partial charge < -0.3 is 10.2 Å². The molecule has 5 nitrogen and oxygen atoms in total. The molecule has 2 fully saturated rings. The molecule has 1 aromatic carbocycles. The molecular weight excluding hydrogens is 321 g/mol. The molecule has 2 amide bonds. The zero-order chi connectivity index (χ0) is 17.6. The van der Waals surface area contributed by atoms with Crippen LogP contribution in [-0.4, -0.2) is 54.3 Å². The number of hydrogen-bond acceptors (Lipinski definition) is 3. The molecule has 6 heteroatoms. The summed E-state index contributed by atoms with van der Waals surface area (Å²) in [5.41, 5.74) is 0.499. The zero-order valence-corrected chi connectivity index (χ0v) is 14.5. The van der Waals surface area contributed by atoms with Crippen LogP contribution in [0.4, 0.5) is 4.39 Å². The van der Waals surface area contributed by atoms with E-state index in [4.69, 9.17) is 0 Å². The van der Waals surface area contributed by atoms with Gasteiger partial charge in [-0.25, -0.2) is 4.39 Å². The molecule has 1 saturated heterocycles. The average molecular weight is 347 g/mol. The molecular formula is C19H26FN3O2. The molecule has 0 unspecified atom stereocenters. The van der Waals surface area contributed by atoms with Gasteiger partial charge in [0.25, 0.3) is 0 Å². The number of hydrogen-bond donors (Lipinski definition) is 1. The van der Waals surface area contributed by atoms with E-state index in [2.05, 4.69) is 10.2 Å². The van der Waals surface area contributed by atoms with Crippen molar-refractivity contribution < 1.29 is 14.0 Å². The first-order valence-electron chi connectivity index (χ1n) is 9.15. The molecule has 1 aromatic rings. The van der Waals surface area contributed by atoms with E-state index in [0.717, 1.165) is 39.0 Å². The number of carbonyl (C=O) groups excluding carboxylic acids is 2. The Balaban J connectivity index is 1.33. The largest absolute Gasteiger partial charge is 0.352 e. The molecule has 2 aliphatic rings. The van der Waals surface area contributed by atoms with Crippen LogP contribution >= 0.6 is 0 Å². The quantitative estimate of drug-likeness (QED) is 0.853. The number of rotatable bonds is 6. The minimum Gasteiger partial charge on any atom is -0.352 e. The summed E-state index contributed by atoms with van der Waals surface area (Å²) in [7, 11) is 0. The van der Waals surface area contributed by atoms with Crippen LogP contribution in [0, 0.1) is 11.7 Å². The maximum Gasteiger partial charge on any atom is 0.225 e. The fourth-order valence-electron chi connectivity index (χ4n) is 3.29. The Morgan fingerprint density at radius 3 is 2.48 bits per heavy atom. The van der Waals surface area contributed by atoms with Crippen molar-refractivity contribution in [2.75, 3.05) is 32.7 Å². The van der Waals surface area contributed by atoms with E-state index in [-0.39, 0.29) is 24.2 Å². The van der Waals surface area contributed by atoms with Gasteiger partial charge in [0.1, 0.15) is 5.82 Å². The van der Waals surface area contributed by atoms with Gasteiger partial charge in [-0.15, -0.1) is 0 Å². The first-order valence-corrected chi connectivity index (χ1v) is 9.15. The molecule has 0 spiro atoms. The first kappa shape index (κ1) is 17.9. The number of nitrogens with one attached hydrogen (secondary N) is 1. The summed E-state index contributed by atoms with van der Waals surface area (Å²) in [6, 6.07) is 6.46. The molecule has 0 bridgehead atoms. The third-order valence-corrected chi connectivity index (χ3v) is 5.23. The molecule has 3 rings (SSSR count). The number of benzene rings is 1. The Hall–Kier alpha value is -1.95. The molecule has 1 saturated carbocycles. The fourth-order valence-corrected chi connectivity index (χ4v) is 3.29. The van der Waals surface area contributed by atoms with E-state index in [1.807, 2.05) is 4.90 Å². The maximum atomic E-state index is 13.5. The summed E-state index contributed by atoms with van der Waals surface area (Å²) in [5, 5.41) is 2.77. The smallest absolute Gasteiger partial charge is 0.225 e. The lowest BCUT2D eigenvalue weighted by atomic mass is 9.84. The second-order valence-electron chi connectivity index (χ2n) is 6.91. The lowest BCUT2D eigenvalue weighted by Gasteiger charge is -2.38. The highest BCUT2D eigenvalue weighted by atomic mass is 19.1. The molecule has 0 aromatic heterocycles. The predicted molar refractivity (Wildman–Crippen MR) is 93.2 cm³/mol. The Morgan fingerprint density at radius 1 is 1.12 bits per heavy atom. The van der Waals surface area contributed by atoms with Crippen LogP contribution in [0.15, 0.2) is 24.3 Å². The Bertz CT molecular complexity index is 610. The third-order valence-electron chi connectivity index (χ3n) is 5.23. The van der Waals surface area contributed by atoms with Crippen molar-refractivity contribution in [1.29, 1.82) is 0 Å². The molecule has 25 heavy (non-hydrogen) atoms. The van der Waals surface area contributed by atoms with Gasteiger partial charge in [0.05, 0.1) is 0 Å². The maximum absolute atomic E-state index is 13.5. The molecule has 1 aliphatic carbocycles. The minimum atomic E-state index is -0.296. The Morgan fingerprint density at radius 2 is 1.84 bits per heavy atom. The fraction of sp³-hybridized carbons (Fsp3) is 0.579. The molecule has 0 atom stereocenters. The highest BCUT2D eigenvalue weighted by Gasteiger charge is 2.31. The number of piperazine rings is 1. The predicted octanol–water partition coefficient (Wildman–Crippen LogP) is 1.78. The molecule has 136 valence electrons. The van der Waals surface area contributed by atoms with Crippen molar-refractivity contribution in [3.05, 3.63) is 35.6 Å². The highest BCUT2D eigenvalue weighted by molar-refractivity contribution is 5.79. The SMILES string of the molecule is O=C(CCN1CCN(C(=O)C2CCC2)CC1)NCc1ccccc1F. The summed E-state index contributed by atoms with van der Waals surface area (Å²) in [5.74, 6) is 0.204.